The van der Waals surface area contributed by atoms with Crippen LogP contribution in [0, 0.1) is 18.7 Å². The first kappa shape index (κ1) is 10.0. The molecule has 0 unspecified atom stereocenters. The highest BCUT2D eigenvalue weighted by atomic mass is 19.1. The maximum absolute atomic E-state index is 12.8. The van der Waals surface area contributed by atoms with Gasteiger partial charge in [-0.1, -0.05) is 13.8 Å². The van der Waals surface area contributed by atoms with Crippen molar-refractivity contribution in [2.45, 2.75) is 20.8 Å². The van der Waals surface area contributed by atoms with Gasteiger partial charge >= 0.3 is 0 Å². The molecule has 72 valence electrons. The Morgan fingerprint density at radius 2 is 2.08 bits per heavy atom. The second-order valence-corrected chi connectivity index (χ2v) is 3.62. The van der Waals surface area contributed by atoms with Crippen LogP contribution in [0.2, 0.25) is 0 Å². The molecule has 0 aromatic heterocycles. The van der Waals surface area contributed by atoms with Crippen molar-refractivity contribution in [1.82, 2.24) is 0 Å². The topological polar surface area (TPSA) is 9.23 Å². The van der Waals surface area contributed by atoms with E-state index in [1.54, 1.807) is 19.1 Å². The lowest BCUT2D eigenvalue weighted by Crippen LogP contribution is -2.04. The van der Waals surface area contributed by atoms with Gasteiger partial charge in [-0.25, -0.2) is 4.39 Å². The van der Waals surface area contributed by atoms with Crippen LogP contribution in [-0.4, -0.2) is 6.61 Å². The van der Waals surface area contributed by atoms with E-state index < -0.39 is 0 Å². The fourth-order valence-electron chi connectivity index (χ4n) is 0.970. The maximum Gasteiger partial charge on any atom is 0.126 e. The number of ether oxygens (including phenoxy) is 1. The third-order valence-electron chi connectivity index (χ3n) is 1.71. The summed E-state index contributed by atoms with van der Waals surface area (Å²) in [5, 5.41) is 0. The van der Waals surface area contributed by atoms with Crippen LogP contribution >= 0.6 is 0 Å². The molecule has 2 heteroatoms. The highest BCUT2D eigenvalue weighted by Crippen LogP contribution is 2.16. The highest BCUT2D eigenvalue weighted by Gasteiger charge is 2.00. The van der Waals surface area contributed by atoms with Gasteiger partial charge in [0.25, 0.3) is 0 Å². The molecule has 13 heavy (non-hydrogen) atoms. The summed E-state index contributed by atoms with van der Waals surface area (Å²) in [5.74, 6) is 1.05. The number of hydrogen-bond donors (Lipinski definition) is 0. The summed E-state index contributed by atoms with van der Waals surface area (Å²) in [4.78, 5) is 0. The number of hydrogen-bond acceptors (Lipinski definition) is 1. The Hall–Kier alpha value is -1.05. The lowest BCUT2D eigenvalue weighted by Gasteiger charge is -2.09. The summed E-state index contributed by atoms with van der Waals surface area (Å²) < 4.78 is 18.3. The predicted octanol–water partition coefficient (Wildman–Crippen LogP) is 3.17. The van der Waals surface area contributed by atoms with Gasteiger partial charge in [0, 0.05) is 0 Å². The van der Waals surface area contributed by atoms with Gasteiger partial charge in [0.1, 0.15) is 11.6 Å². The Balaban J connectivity index is 2.63. The summed E-state index contributed by atoms with van der Waals surface area (Å²) in [7, 11) is 0. The zero-order valence-electron chi connectivity index (χ0n) is 8.30. The molecule has 0 heterocycles. The molecule has 0 saturated carbocycles. The maximum atomic E-state index is 12.8. The fraction of sp³-hybridized carbons (Fsp3) is 0.455. The van der Waals surface area contributed by atoms with Crippen LogP contribution in [0.5, 0.6) is 5.75 Å². The van der Waals surface area contributed by atoms with Crippen molar-refractivity contribution in [2.75, 3.05) is 6.61 Å². The second kappa shape index (κ2) is 4.26. The van der Waals surface area contributed by atoms with E-state index in [0.717, 1.165) is 5.75 Å². The third-order valence-corrected chi connectivity index (χ3v) is 1.71. The van der Waals surface area contributed by atoms with Gasteiger partial charge in [0.05, 0.1) is 6.61 Å². The van der Waals surface area contributed by atoms with Crippen LogP contribution in [0.3, 0.4) is 0 Å². The van der Waals surface area contributed by atoms with Gasteiger partial charge in [0.15, 0.2) is 0 Å². The molecule has 1 nitrogen and oxygen atoms in total. The monoisotopic (exact) mass is 182 g/mol. The zero-order chi connectivity index (χ0) is 9.84. The van der Waals surface area contributed by atoms with Gasteiger partial charge in [-0.3, -0.25) is 0 Å². The molecule has 0 spiro atoms. The molecule has 0 fully saturated rings. The van der Waals surface area contributed by atoms with Crippen molar-refractivity contribution in [2.24, 2.45) is 5.92 Å². The van der Waals surface area contributed by atoms with Crippen LogP contribution in [0.25, 0.3) is 0 Å². The van der Waals surface area contributed by atoms with Crippen LogP contribution in [0.15, 0.2) is 18.2 Å². The molecule has 0 aliphatic carbocycles. The second-order valence-electron chi connectivity index (χ2n) is 3.62. The van der Waals surface area contributed by atoms with Crippen molar-refractivity contribution in [3.05, 3.63) is 29.6 Å². The molecule has 0 bridgehead atoms. The van der Waals surface area contributed by atoms with Crippen molar-refractivity contribution < 1.29 is 9.13 Å². The van der Waals surface area contributed by atoms with E-state index in [1.165, 1.54) is 6.07 Å². The van der Waals surface area contributed by atoms with E-state index in [1.807, 2.05) is 0 Å². The molecule has 0 radical (unpaired) electrons. The zero-order valence-corrected chi connectivity index (χ0v) is 8.30. The summed E-state index contributed by atoms with van der Waals surface area (Å²) >= 11 is 0. The van der Waals surface area contributed by atoms with Crippen molar-refractivity contribution in [3.8, 4) is 5.75 Å². The standard InChI is InChI=1S/C11H15FO/c1-8(2)7-13-10-4-5-11(12)9(3)6-10/h4-6,8H,7H2,1-3H3. The average molecular weight is 182 g/mol. The summed E-state index contributed by atoms with van der Waals surface area (Å²) in [6.07, 6.45) is 0. The van der Waals surface area contributed by atoms with Crippen LogP contribution in [-0.2, 0) is 0 Å². The van der Waals surface area contributed by atoms with E-state index in [9.17, 15) is 4.39 Å². The van der Waals surface area contributed by atoms with Gasteiger partial charge in [0.2, 0.25) is 0 Å². The molecular weight excluding hydrogens is 167 g/mol. The average Bonchev–Trinajstić information content (AvgIpc) is 2.07. The smallest absolute Gasteiger partial charge is 0.126 e. The Morgan fingerprint density at radius 3 is 2.62 bits per heavy atom. The first-order valence-electron chi connectivity index (χ1n) is 4.48. The van der Waals surface area contributed by atoms with E-state index in [2.05, 4.69) is 13.8 Å². The van der Waals surface area contributed by atoms with Crippen molar-refractivity contribution >= 4 is 0 Å². The predicted molar refractivity (Wildman–Crippen MR) is 51.5 cm³/mol. The largest absolute Gasteiger partial charge is 0.493 e. The van der Waals surface area contributed by atoms with E-state index in [-0.39, 0.29) is 5.82 Å². The normalized spacial score (nSPS) is 10.5. The minimum atomic E-state index is -0.183. The Bertz CT molecular complexity index is 281. The Morgan fingerprint density at radius 1 is 1.38 bits per heavy atom. The molecule has 0 aliphatic rings. The minimum absolute atomic E-state index is 0.183. The van der Waals surface area contributed by atoms with Gasteiger partial charge in [-0.15, -0.1) is 0 Å². The first-order valence-corrected chi connectivity index (χ1v) is 4.48. The van der Waals surface area contributed by atoms with Crippen molar-refractivity contribution in [1.29, 1.82) is 0 Å². The first-order chi connectivity index (χ1) is 6.09. The van der Waals surface area contributed by atoms with E-state index in [0.29, 0.717) is 18.1 Å². The Kier molecular flexibility index (Phi) is 3.29. The van der Waals surface area contributed by atoms with Gasteiger partial charge in [-0.05, 0) is 36.6 Å². The number of benzene rings is 1. The van der Waals surface area contributed by atoms with Gasteiger partial charge in [-0.2, -0.15) is 0 Å². The lowest BCUT2D eigenvalue weighted by molar-refractivity contribution is 0.270. The third kappa shape index (κ3) is 3.05. The number of aryl methyl sites for hydroxylation is 1. The van der Waals surface area contributed by atoms with Crippen molar-refractivity contribution in [3.63, 3.8) is 0 Å². The van der Waals surface area contributed by atoms with Crippen LogP contribution in [0.1, 0.15) is 19.4 Å². The summed E-state index contributed by atoms with van der Waals surface area (Å²) in [6, 6.07) is 4.81. The van der Waals surface area contributed by atoms with E-state index in [4.69, 9.17) is 4.74 Å². The van der Waals surface area contributed by atoms with Gasteiger partial charge < -0.3 is 4.74 Å². The molecule has 0 N–H and O–H groups in total. The SMILES string of the molecule is Cc1cc(OCC(C)C)ccc1F. The molecular formula is C11H15FO. The molecule has 0 aliphatic heterocycles. The molecule has 0 amide bonds. The number of rotatable bonds is 3. The quantitative estimate of drug-likeness (QED) is 0.697. The fourth-order valence-corrected chi connectivity index (χ4v) is 0.970. The Labute approximate surface area is 78.5 Å². The molecule has 1 aromatic carbocycles. The summed E-state index contributed by atoms with van der Waals surface area (Å²) in [5.41, 5.74) is 0.626. The molecule has 0 atom stereocenters. The summed E-state index contributed by atoms with van der Waals surface area (Å²) in [6.45, 7) is 6.56. The van der Waals surface area contributed by atoms with E-state index >= 15 is 0 Å². The molecule has 1 rings (SSSR count). The molecule has 1 aromatic rings. The highest BCUT2D eigenvalue weighted by molar-refractivity contribution is 5.28. The lowest BCUT2D eigenvalue weighted by atomic mass is 10.2. The minimum Gasteiger partial charge on any atom is -0.493 e. The van der Waals surface area contributed by atoms with Crippen LogP contribution in [0.4, 0.5) is 4.39 Å². The number of halogens is 1. The van der Waals surface area contributed by atoms with Crippen LogP contribution < -0.4 is 4.74 Å². The molecule has 0 saturated heterocycles.